The van der Waals surface area contributed by atoms with Gasteiger partial charge in [0.25, 0.3) is 0 Å². The molecular formula is C16H29N3O3. The summed E-state index contributed by atoms with van der Waals surface area (Å²) >= 11 is 0. The average molecular weight is 311 g/mol. The van der Waals surface area contributed by atoms with Gasteiger partial charge >= 0.3 is 0 Å². The number of hydrogen-bond donors (Lipinski definition) is 3. The van der Waals surface area contributed by atoms with Crippen LogP contribution in [-0.2, 0) is 14.4 Å². The van der Waals surface area contributed by atoms with E-state index in [1.807, 2.05) is 13.8 Å². The molecule has 1 saturated carbocycles. The van der Waals surface area contributed by atoms with Crippen LogP contribution in [0.5, 0.6) is 0 Å². The fourth-order valence-corrected chi connectivity index (χ4v) is 3.09. The summed E-state index contributed by atoms with van der Waals surface area (Å²) in [6.07, 6.45) is 5.63. The summed E-state index contributed by atoms with van der Waals surface area (Å²) in [5.74, 6) is -0.713. The quantitative estimate of drug-likeness (QED) is 0.656. The van der Waals surface area contributed by atoms with Gasteiger partial charge in [-0.1, -0.05) is 33.1 Å². The molecule has 1 fully saturated rings. The first kappa shape index (κ1) is 18.5. The SMILES string of the molecule is CC(=O)N[C@@H](CC(C)C)C(=O)N[C@@H](C(N)=O)C1CCCCC1. The minimum absolute atomic E-state index is 0.104. The fourth-order valence-electron chi connectivity index (χ4n) is 3.09. The molecule has 2 atom stereocenters. The number of carbonyl (C=O) groups excluding carboxylic acids is 3. The van der Waals surface area contributed by atoms with Gasteiger partial charge in [0, 0.05) is 6.92 Å². The van der Waals surface area contributed by atoms with Crippen molar-refractivity contribution in [1.29, 1.82) is 0 Å². The summed E-state index contributed by atoms with van der Waals surface area (Å²) in [6, 6.07) is -1.26. The van der Waals surface area contributed by atoms with E-state index in [1.54, 1.807) is 0 Å². The summed E-state index contributed by atoms with van der Waals surface area (Å²) in [4.78, 5) is 35.4. The summed E-state index contributed by atoms with van der Waals surface area (Å²) < 4.78 is 0. The Balaban J connectivity index is 2.73. The predicted octanol–water partition coefficient (Wildman–Crippen LogP) is 1.09. The predicted molar refractivity (Wildman–Crippen MR) is 84.8 cm³/mol. The van der Waals surface area contributed by atoms with Crippen molar-refractivity contribution in [2.45, 2.75) is 71.4 Å². The molecule has 0 aromatic heterocycles. The molecular weight excluding hydrogens is 282 g/mol. The molecule has 0 radical (unpaired) electrons. The van der Waals surface area contributed by atoms with Crippen molar-refractivity contribution in [3.63, 3.8) is 0 Å². The summed E-state index contributed by atoms with van der Waals surface area (Å²) in [5.41, 5.74) is 5.48. The largest absolute Gasteiger partial charge is 0.368 e. The highest BCUT2D eigenvalue weighted by atomic mass is 16.2. The summed E-state index contributed by atoms with van der Waals surface area (Å²) in [7, 11) is 0. The number of amides is 3. The molecule has 0 aromatic rings. The lowest BCUT2D eigenvalue weighted by atomic mass is 9.83. The standard InChI is InChI=1S/C16H29N3O3/c1-10(2)9-13(18-11(3)20)16(22)19-14(15(17)21)12-7-5-4-6-8-12/h10,12-14H,4-9H2,1-3H3,(H2,17,21)(H,18,20)(H,19,22)/t13-,14+/m0/s1. The van der Waals surface area contributed by atoms with Crippen molar-refractivity contribution >= 4 is 17.7 Å². The number of nitrogens with two attached hydrogens (primary N) is 1. The monoisotopic (exact) mass is 311 g/mol. The smallest absolute Gasteiger partial charge is 0.243 e. The molecule has 0 heterocycles. The lowest BCUT2D eigenvalue weighted by molar-refractivity contribution is -0.132. The van der Waals surface area contributed by atoms with E-state index in [9.17, 15) is 14.4 Å². The highest BCUT2D eigenvalue weighted by Gasteiger charge is 2.31. The number of rotatable bonds is 7. The Morgan fingerprint density at radius 2 is 1.68 bits per heavy atom. The van der Waals surface area contributed by atoms with Gasteiger partial charge < -0.3 is 16.4 Å². The first-order valence-electron chi connectivity index (χ1n) is 8.18. The van der Waals surface area contributed by atoms with Crippen LogP contribution in [0.3, 0.4) is 0 Å². The number of hydrogen-bond acceptors (Lipinski definition) is 3. The summed E-state index contributed by atoms with van der Waals surface area (Å²) in [6.45, 7) is 5.34. The molecule has 22 heavy (non-hydrogen) atoms. The van der Waals surface area contributed by atoms with Gasteiger partial charge in [-0.2, -0.15) is 0 Å². The zero-order valence-corrected chi connectivity index (χ0v) is 13.9. The van der Waals surface area contributed by atoms with E-state index in [1.165, 1.54) is 6.92 Å². The molecule has 0 bridgehead atoms. The molecule has 3 amide bonds. The van der Waals surface area contributed by atoms with E-state index >= 15 is 0 Å². The zero-order chi connectivity index (χ0) is 16.7. The van der Waals surface area contributed by atoms with Crippen LogP contribution in [0, 0.1) is 11.8 Å². The van der Waals surface area contributed by atoms with Crippen LogP contribution < -0.4 is 16.4 Å². The highest BCUT2D eigenvalue weighted by Crippen LogP contribution is 2.26. The van der Waals surface area contributed by atoms with Crippen molar-refractivity contribution in [2.24, 2.45) is 17.6 Å². The maximum Gasteiger partial charge on any atom is 0.243 e. The molecule has 0 saturated heterocycles. The molecule has 0 unspecified atom stereocenters. The number of primary amides is 1. The van der Waals surface area contributed by atoms with Crippen molar-refractivity contribution < 1.29 is 14.4 Å². The Morgan fingerprint density at radius 1 is 1.09 bits per heavy atom. The maximum absolute atomic E-state index is 12.4. The van der Waals surface area contributed by atoms with Gasteiger partial charge in [-0.05, 0) is 31.1 Å². The number of carbonyl (C=O) groups is 3. The van der Waals surface area contributed by atoms with E-state index < -0.39 is 18.0 Å². The van der Waals surface area contributed by atoms with E-state index in [-0.39, 0.29) is 23.7 Å². The average Bonchev–Trinajstić information content (AvgIpc) is 2.43. The van der Waals surface area contributed by atoms with Gasteiger partial charge in [0.2, 0.25) is 17.7 Å². The molecule has 1 aliphatic carbocycles. The Bertz CT molecular complexity index is 403. The third kappa shape index (κ3) is 6.03. The molecule has 0 spiro atoms. The molecule has 1 aliphatic rings. The van der Waals surface area contributed by atoms with E-state index in [2.05, 4.69) is 10.6 Å². The molecule has 4 N–H and O–H groups in total. The van der Waals surface area contributed by atoms with Crippen LogP contribution >= 0.6 is 0 Å². The second-order valence-electron chi connectivity index (χ2n) is 6.67. The fraction of sp³-hybridized carbons (Fsp3) is 0.812. The highest BCUT2D eigenvalue weighted by molar-refractivity contribution is 5.91. The van der Waals surface area contributed by atoms with Crippen molar-refractivity contribution in [3.05, 3.63) is 0 Å². The van der Waals surface area contributed by atoms with Crippen LogP contribution in [0.15, 0.2) is 0 Å². The molecule has 0 aliphatic heterocycles. The molecule has 6 nitrogen and oxygen atoms in total. The van der Waals surface area contributed by atoms with Crippen LogP contribution in [0.4, 0.5) is 0 Å². The van der Waals surface area contributed by atoms with Crippen molar-refractivity contribution in [2.75, 3.05) is 0 Å². The second kappa shape index (κ2) is 8.76. The van der Waals surface area contributed by atoms with Crippen LogP contribution in [0.25, 0.3) is 0 Å². The topological polar surface area (TPSA) is 101 Å². The third-order valence-electron chi connectivity index (χ3n) is 4.13. The number of nitrogens with one attached hydrogen (secondary N) is 2. The first-order chi connectivity index (χ1) is 10.3. The minimum atomic E-state index is -0.642. The van der Waals surface area contributed by atoms with Gasteiger partial charge in [0.1, 0.15) is 12.1 Å². The van der Waals surface area contributed by atoms with Crippen LogP contribution in [-0.4, -0.2) is 29.8 Å². The Kier molecular flexibility index (Phi) is 7.35. The van der Waals surface area contributed by atoms with Crippen molar-refractivity contribution in [3.8, 4) is 0 Å². The minimum Gasteiger partial charge on any atom is -0.368 e. The van der Waals surface area contributed by atoms with Gasteiger partial charge in [0.15, 0.2) is 0 Å². The van der Waals surface area contributed by atoms with Gasteiger partial charge in [-0.25, -0.2) is 0 Å². The van der Waals surface area contributed by atoms with Crippen molar-refractivity contribution in [1.82, 2.24) is 10.6 Å². The third-order valence-corrected chi connectivity index (χ3v) is 4.13. The van der Waals surface area contributed by atoms with Gasteiger partial charge in [-0.15, -0.1) is 0 Å². The van der Waals surface area contributed by atoms with Gasteiger partial charge in [0.05, 0.1) is 0 Å². The zero-order valence-electron chi connectivity index (χ0n) is 13.9. The molecule has 126 valence electrons. The van der Waals surface area contributed by atoms with Crippen LogP contribution in [0.1, 0.15) is 59.3 Å². The van der Waals surface area contributed by atoms with Crippen LogP contribution in [0.2, 0.25) is 0 Å². The molecule has 1 rings (SSSR count). The maximum atomic E-state index is 12.4. The second-order valence-corrected chi connectivity index (χ2v) is 6.67. The van der Waals surface area contributed by atoms with E-state index in [0.717, 1.165) is 32.1 Å². The lowest BCUT2D eigenvalue weighted by Crippen LogP contribution is -2.55. The Hall–Kier alpha value is -1.59. The summed E-state index contributed by atoms with van der Waals surface area (Å²) in [5, 5.41) is 5.42. The molecule has 0 aromatic carbocycles. The molecule has 6 heteroatoms. The Morgan fingerprint density at radius 3 is 2.14 bits per heavy atom. The lowest BCUT2D eigenvalue weighted by Gasteiger charge is -2.30. The van der Waals surface area contributed by atoms with E-state index in [4.69, 9.17) is 5.73 Å². The first-order valence-corrected chi connectivity index (χ1v) is 8.18. The van der Waals surface area contributed by atoms with Gasteiger partial charge in [-0.3, -0.25) is 14.4 Å². The normalized spacial score (nSPS) is 18.5. The Labute approximate surface area is 132 Å². The van der Waals surface area contributed by atoms with E-state index in [0.29, 0.717) is 6.42 Å².